The van der Waals surface area contributed by atoms with Gasteiger partial charge in [0, 0.05) is 18.8 Å². The first-order valence-corrected chi connectivity index (χ1v) is 8.01. The molecular weight excluding hydrogens is 323 g/mol. The number of hydrogen-bond acceptors (Lipinski definition) is 5. The smallest absolute Gasteiger partial charge is 0.337 e. The van der Waals surface area contributed by atoms with E-state index in [0.717, 1.165) is 31.9 Å². The molecule has 0 aromatic heterocycles. The van der Waals surface area contributed by atoms with Crippen LogP contribution >= 0.6 is 0 Å². The highest BCUT2D eigenvalue weighted by Gasteiger charge is 2.16. The normalized spacial score (nSPS) is 14.8. The molecule has 1 heterocycles. The maximum Gasteiger partial charge on any atom is 0.337 e. The molecule has 0 aliphatic carbocycles. The molecule has 0 atom stereocenters. The standard InChI is InChI=1S/C18H19FN4O2/c1-25-18(24)14-2-6-16(7-3-14)20-21-23-12-10-22(11-13-23)17-8-4-15(19)5-9-17/h2-9H,10-13H2,1H3/b21-20+. The van der Waals surface area contributed by atoms with E-state index in [1.807, 2.05) is 5.01 Å². The van der Waals surface area contributed by atoms with Gasteiger partial charge in [-0.1, -0.05) is 5.22 Å². The van der Waals surface area contributed by atoms with Gasteiger partial charge in [0.2, 0.25) is 0 Å². The van der Waals surface area contributed by atoms with Gasteiger partial charge in [-0.25, -0.2) is 9.18 Å². The van der Waals surface area contributed by atoms with Crippen molar-refractivity contribution in [3.05, 3.63) is 59.9 Å². The van der Waals surface area contributed by atoms with E-state index in [1.165, 1.54) is 19.2 Å². The first-order valence-electron chi connectivity index (χ1n) is 8.01. The monoisotopic (exact) mass is 342 g/mol. The van der Waals surface area contributed by atoms with E-state index >= 15 is 0 Å². The van der Waals surface area contributed by atoms with Crippen LogP contribution in [0.2, 0.25) is 0 Å². The van der Waals surface area contributed by atoms with E-state index in [9.17, 15) is 9.18 Å². The number of hydrogen-bond donors (Lipinski definition) is 0. The van der Waals surface area contributed by atoms with E-state index in [-0.39, 0.29) is 11.8 Å². The minimum absolute atomic E-state index is 0.227. The van der Waals surface area contributed by atoms with Crippen LogP contribution in [-0.2, 0) is 4.74 Å². The first kappa shape index (κ1) is 16.9. The van der Waals surface area contributed by atoms with Crippen LogP contribution in [0.4, 0.5) is 15.8 Å². The van der Waals surface area contributed by atoms with Gasteiger partial charge in [-0.05, 0) is 48.5 Å². The van der Waals surface area contributed by atoms with Crippen molar-refractivity contribution in [1.29, 1.82) is 0 Å². The number of rotatable bonds is 4. The summed E-state index contributed by atoms with van der Waals surface area (Å²) in [6.45, 7) is 3.07. The van der Waals surface area contributed by atoms with Crippen molar-refractivity contribution in [2.45, 2.75) is 0 Å². The number of nitrogens with zero attached hydrogens (tertiary/aromatic N) is 4. The Labute approximate surface area is 145 Å². The molecule has 1 fully saturated rings. The van der Waals surface area contributed by atoms with Crippen molar-refractivity contribution < 1.29 is 13.9 Å². The van der Waals surface area contributed by atoms with Crippen molar-refractivity contribution in [2.75, 3.05) is 38.2 Å². The molecule has 0 spiro atoms. The molecule has 3 rings (SSSR count). The van der Waals surface area contributed by atoms with Gasteiger partial charge in [0.15, 0.2) is 0 Å². The largest absolute Gasteiger partial charge is 0.465 e. The summed E-state index contributed by atoms with van der Waals surface area (Å²) in [7, 11) is 1.35. The molecule has 130 valence electrons. The molecule has 1 saturated heterocycles. The Balaban J connectivity index is 1.54. The average molecular weight is 342 g/mol. The van der Waals surface area contributed by atoms with Crippen molar-refractivity contribution in [3.8, 4) is 0 Å². The summed E-state index contributed by atoms with van der Waals surface area (Å²) in [6.07, 6.45) is 0. The fourth-order valence-electron chi connectivity index (χ4n) is 2.59. The fraction of sp³-hybridized carbons (Fsp3) is 0.278. The molecule has 0 amide bonds. The molecule has 0 unspecified atom stereocenters. The molecule has 7 heteroatoms. The third-order valence-corrected chi connectivity index (χ3v) is 4.02. The molecule has 1 aliphatic heterocycles. The molecule has 6 nitrogen and oxygen atoms in total. The average Bonchev–Trinajstić information content (AvgIpc) is 2.67. The molecular formula is C18H19FN4O2. The quantitative estimate of drug-likeness (QED) is 0.631. The Morgan fingerprint density at radius 3 is 2.24 bits per heavy atom. The van der Waals surface area contributed by atoms with Crippen LogP contribution in [0.15, 0.2) is 58.9 Å². The van der Waals surface area contributed by atoms with E-state index in [1.54, 1.807) is 36.4 Å². The molecule has 0 N–H and O–H groups in total. The first-order chi connectivity index (χ1) is 12.2. The lowest BCUT2D eigenvalue weighted by Gasteiger charge is -2.33. The summed E-state index contributed by atoms with van der Waals surface area (Å²) in [5.41, 5.74) is 2.17. The Hall–Kier alpha value is -2.96. The number of esters is 1. The van der Waals surface area contributed by atoms with Gasteiger partial charge in [-0.3, -0.25) is 5.01 Å². The highest BCUT2D eigenvalue weighted by molar-refractivity contribution is 5.89. The third kappa shape index (κ3) is 4.32. The summed E-state index contributed by atoms with van der Waals surface area (Å²) in [4.78, 5) is 13.6. The number of ether oxygens (including phenoxy) is 1. The van der Waals surface area contributed by atoms with Crippen molar-refractivity contribution in [2.24, 2.45) is 10.3 Å². The molecule has 2 aromatic rings. The lowest BCUT2D eigenvalue weighted by atomic mass is 10.2. The second-order valence-electron chi connectivity index (χ2n) is 5.65. The molecule has 0 saturated carbocycles. The highest BCUT2D eigenvalue weighted by Crippen LogP contribution is 2.18. The maximum atomic E-state index is 13.0. The van der Waals surface area contributed by atoms with Crippen LogP contribution in [0, 0.1) is 5.82 Å². The topological polar surface area (TPSA) is 57.5 Å². The Bertz CT molecular complexity index is 739. The summed E-state index contributed by atoms with van der Waals surface area (Å²) >= 11 is 0. The zero-order chi connectivity index (χ0) is 17.6. The number of carbonyl (C=O) groups is 1. The van der Waals surface area contributed by atoms with Gasteiger partial charge in [0.1, 0.15) is 5.82 Å². The number of benzene rings is 2. The van der Waals surface area contributed by atoms with Gasteiger partial charge in [-0.2, -0.15) is 0 Å². The number of piperazine rings is 1. The number of halogens is 1. The second-order valence-corrected chi connectivity index (χ2v) is 5.65. The number of methoxy groups -OCH3 is 1. The Kier molecular flexibility index (Phi) is 5.23. The number of carbonyl (C=O) groups excluding carboxylic acids is 1. The van der Waals surface area contributed by atoms with Gasteiger partial charge >= 0.3 is 5.97 Å². The summed E-state index contributed by atoms with van der Waals surface area (Å²) in [5, 5.41) is 10.3. The SMILES string of the molecule is COC(=O)c1ccc(/N=N/N2CCN(c3ccc(F)cc3)CC2)cc1. The molecule has 0 radical (unpaired) electrons. The third-order valence-electron chi connectivity index (χ3n) is 4.02. The van der Waals surface area contributed by atoms with Crippen LogP contribution in [0.25, 0.3) is 0 Å². The maximum absolute atomic E-state index is 13.0. The Morgan fingerprint density at radius 2 is 1.64 bits per heavy atom. The lowest BCUT2D eigenvalue weighted by molar-refractivity contribution is 0.0601. The van der Waals surface area contributed by atoms with Crippen LogP contribution in [0.1, 0.15) is 10.4 Å². The highest BCUT2D eigenvalue weighted by atomic mass is 19.1. The van der Waals surface area contributed by atoms with E-state index in [2.05, 4.69) is 20.0 Å². The van der Waals surface area contributed by atoms with E-state index in [4.69, 9.17) is 0 Å². The van der Waals surface area contributed by atoms with Crippen LogP contribution in [0.3, 0.4) is 0 Å². The molecule has 25 heavy (non-hydrogen) atoms. The van der Waals surface area contributed by atoms with Gasteiger partial charge in [-0.15, -0.1) is 5.11 Å². The predicted molar refractivity (Wildman–Crippen MR) is 92.5 cm³/mol. The van der Waals surface area contributed by atoms with Crippen LogP contribution < -0.4 is 4.90 Å². The molecule has 2 aromatic carbocycles. The fourth-order valence-corrected chi connectivity index (χ4v) is 2.59. The van der Waals surface area contributed by atoms with Gasteiger partial charge < -0.3 is 9.64 Å². The Morgan fingerprint density at radius 1 is 1.00 bits per heavy atom. The van der Waals surface area contributed by atoms with E-state index in [0.29, 0.717) is 11.3 Å². The summed E-state index contributed by atoms with van der Waals surface area (Å²) in [6, 6.07) is 13.3. The predicted octanol–water partition coefficient (Wildman–Crippen LogP) is 3.43. The van der Waals surface area contributed by atoms with Crippen LogP contribution in [0.5, 0.6) is 0 Å². The van der Waals surface area contributed by atoms with Crippen molar-refractivity contribution in [1.82, 2.24) is 5.01 Å². The summed E-state index contributed by atoms with van der Waals surface area (Å²) < 4.78 is 17.6. The zero-order valence-electron chi connectivity index (χ0n) is 13.9. The lowest BCUT2D eigenvalue weighted by Crippen LogP contribution is -2.43. The molecule has 1 aliphatic rings. The van der Waals surface area contributed by atoms with Crippen LogP contribution in [-0.4, -0.2) is 44.3 Å². The minimum atomic E-state index is -0.375. The van der Waals surface area contributed by atoms with Gasteiger partial charge in [0.05, 0.1) is 31.5 Å². The zero-order valence-corrected chi connectivity index (χ0v) is 13.9. The second kappa shape index (κ2) is 7.74. The van der Waals surface area contributed by atoms with Gasteiger partial charge in [0.25, 0.3) is 0 Å². The summed E-state index contributed by atoms with van der Waals surface area (Å²) in [5.74, 6) is -0.602. The number of anilines is 1. The minimum Gasteiger partial charge on any atom is -0.465 e. The van der Waals surface area contributed by atoms with Crippen molar-refractivity contribution >= 4 is 17.3 Å². The van der Waals surface area contributed by atoms with Crippen molar-refractivity contribution in [3.63, 3.8) is 0 Å². The van der Waals surface area contributed by atoms with E-state index < -0.39 is 0 Å². The molecule has 0 bridgehead atoms.